The van der Waals surface area contributed by atoms with Crippen LogP contribution in [0.2, 0.25) is 0 Å². The summed E-state index contributed by atoms with van der Waals surface area (Å²) >= 11 is 0. The van der Waals surface area contributed by atoms with Gasteiger partial charge in [0.1, 0.15) is 22.5 Å². The van der Waals surface area contributed by atoms with Crippen molar-refractivity contribution in [1.29, 1.82) is 0 Å². The Morgan fingerprint density at radius 1 is 1.04 bits per heavy atom. The highest BCUT2D eigenvalue weighted by Gasteiger charge is 2.29. The first-order valence-electron chi connectivity index (χ1n) is 8.26. The van der Waals surface area contributed by atoms with E-state index < -0.39 is 11.2 Å². The fourth-order valence-electron chi connectivity index (χ4n) is 3.34. The SMILES string of the molecule is CCc1cc(=O)oc2c1c1c(c3oc(C)cc(=O)c32)C=CC(C)(C)O1. The normalized spacial score (nSPS) is 15.4. The van der Waals surface area contributed by atoms with E-state index in [2.05, 4.69) is 0 Å². The van der Waals surface area contributed by atoms with Crippen LogP contribution in [0.1, 0.15) is 37.7 Å². The van der Waals surface area contributed by atoms with E-state index in [1.165, 1.54) is 12.1 Å². The highest BCUT2D eigenvalue weighted by atomic mass is 16.5. The molecule has 0 unspecified atom stereocenters. The minimum atomic E-state index is -0.515. The molecule has 25 heavy (non-hydrogen) atoms. The first-order valence-corrected chi connectivity index (χ1v) is 8.26. The summed E-state index contributed by atoms with van der Waals surface area (Å²) < 4.78 is 17.5. The molecule has 1 aliphatic heterocycles. The second-order valence-electron chi connectivity index (χ2n) is 6.86. The van der Waals surface area contributed by atoms with E-state index >= 15 is 0 Å². The Kier molecular flexibility index (Phi) is 3.19. The topological polar surface area (TPSA) is 69.7 Å². The Bertz CT molecular complexity index is 1170. The molecule has 0 amide bonds. The quantitative estimate of drug-likeness (QED) is 0.496. The molecule has 5 heteroatoms. The molecular formula is C20H18O5. The van der Waals surface area contributed by atoms with E-state index in [0.717, 1.165) is 5.56 Å². The average Bonchev–Trinajstić information content (AvgIpc) is 2.52. The van der Waals surface area contributed by atoms with Gasteiger partial charge in [0.25, 0.3) is 0 Å². The molecule has 3 heterocycles. The fourth-order valence-corrected chi connectivity index (χ4v) is 3.34. The Morgan fingerprint density at radius 3 is 2.52 bits per heavy atom. The number of hydrogen-bond acceptors (Lipinski definition) is 5. The van der Waals surface area contributed by atoms with E-state index in [-0.39, 0.29) is 16.4 Å². The molecule has 1 aromatic carbocycles. The van der Waals surface area contributed by atoms with Crippen molar-refractivity contribution in [2.75, 3.05) is 0 Å². The lowest BCUT2D eigenvalue weighted by molar-refractivity contribution is 0.161. The Morgan fingerprint density at radius 2 is 1.80 bits per heavy atom. The molecule has 0 spiro atoms. The number of benzene rings is 1. The van der Waals surface area contributed by atoms with Crippen LogP contribution >= 0.6 is 0 Å². The smallest absolute Gasteiger partial charge is 0.336 e. The lowest BCUT2D eigenvalue weighted by atomic mass is 9.95. The zero-order valence-electron chi connectivity index (χ0n) is 14.6. The Hall–Kier alpha value is -2.82. The van der Waals surface area contributed by atoms with Crippen LogP contribution in [-0.2, 0) is 6.42 Å². The second-order valence-corrected chi connectivity index (χ2v) is 6.86. The number of hydrogen-bond donors (Lipinski definition) is 0. The van der Waals surface area contributed by atoms with Crippen LogP contribution < -0.4 is 15.8 Å². The molecule has 0 fully saturated rings. The van der Waals surface area contributed by atoms with Crippen molar-refractivity contribution in [3.63, 3.8) is 0 Å². The maximum Gasteiger partial charge on any atom is 0.336 e. The lowest BCUT2D eigenvalue weighted by Gasteiger charge is -2.29. The molecule has 0 radical (unpaired) electrons. The van der Waals surface area contributed by atoms with Crippen LogP contribution in [0.4, 0.5) is 0 Å². The highest BCUT2D eigenvalue weighted by molar-refractivity contribution is 6.10. The monoisotopic (exact) mass is 338 g/mol. The summed E-state index contributed by atoms with van der Waals surface area (Å²) in [5, 5.41) is 0.942. The van der Waals surface area contributed by atoms with Gasteiger partial charge >= 0.3 is 5.63 Å². The van der Waals surface area contributed by atoms with Gasteiger partial charge in [-0.05, 0) is 44.9 Å². The number of aryl methyl sites for hydroxylation is 2. The predicted octanol–water partition coefficient (Wildman–Crippen LogP) is 3.95. The van der Waals surface area contributed by atoms with Gasteiger partial charge in [-0.1, -0.05) is 6.92 Å². The number of fused-ring (bicyclic) bond motifs is 6. The predicted molar refractivity (Wildman–Crippen MR) is 96.4 cm³/mol. The zero-order chi connectivity index (χ0) is 17.9. The van der Waals surface area contributed by atoms with Gasteiger partial charge in [0, 0.05) is 12.1 Å². The largest absolute Gasteiger partial charge is 0.482 e. The molecule has 128 valence electrons. The summed E-state index contributed by atoms with van der Waals surface area (Å²) in [4.78, 5) is 24.7. The van der Waals surface area contributed by atoms with Gasteiger partial charge in [-0.15, -0.1) is 0 Å². The van der Waals surface area contributed by atoms with Gasteiger partial charge < -0.3 is 13.6 Å². The number of rotatable bonds is 1. The lowest BCUT2D eigenvalue weighted by Crippen LogP contribution is -2.28. The molecule has 1 aliphatic rings. The summed E-state index contributed by atoms with van der Waals surface area (Å²) in [6.07, 6.45) is 4.45. The van der Waals surface area contributed by atoms with Crippen molar-refractivity contribution < 1.29 is 13.6 Å². The second kappa shape index (κ2) is 5.09. The van der Waals surface area contributed by atoms with E-state index in [0.29, 0.717) is 34.5 Å². The Balaban J connectivity index is 2.36. The third-order valence-electron chi connectivity index (χ3n) is 4.45. The molecule has 5 nitrogen and oxygen atoms in total. The van der Waals surface area contributed by atoms with Crippen LogP contribution in [0.5, 0.6) is 5.75 Å². The molecule has 2 aromatic heterocycles. The molecule has 0 atom stereocenters. The maximum absolute atomic E-state index is 12.7. The van der Waals surface area contributed by atoms with E-state index in [4.69, 9.17) is 13.6 Å². The molecule has 3 aromatic rings. The van der Waals surface area contributed by atoms with E-state index in [1.54, 1.807) is 6.92 Å². The summed E-state index contributed by atoms with van der Waals surface area (Å²) in [7, 11) is 0. The molecule has 0 N–H and O–H groups in total. The van der Waals surface area contributed by atoms with Crippen LogP contribution in [0.25, 0.3) is 28.0 Å². The van der Waals surface area contributed by atoms with Crippen molar-refractivity contribution in [2.24, 2.45) is 0 Å². The van der Waals surface area contributed by atoms with Gasteiger partial charge in [-0.25, -0.2) is 4.79 Å². The first-order chi connectivity index (χ1) is 11.8. The van der Waals surface area contributed by atoms with Gasteiger partial charge in [-0.3, -0.25) is 4.79 Å². The van der Waals surface area contributed by atoms with Crippen molar-refractivity contribution >= 4 is 28.0 Å². The van der Waals surface area contributed by atoms with Crippen molar-refractivity contribution in [1.82, 2.24) is 0 Å². The van der Waals surface area contributed by atoms with Gasteiger partial charge in [-0.2, -0.15) is 0 Å². The maximum atomic E-state index is 12.7. The van der Waals surface area contributed by atoms with Crippen molar-refractivity contribution in [3.05, 3.63) is 55.7 Å². The molecule has 0 saturated heterocycles. The molecule has 0 aliphatic carbocycles. The third-order valence-corrected chi connectivity index (χ3v) is 4.45. The van der Waals surface area contributed by atoms with Crippen LogP contribution in [0, 0.1) is 6.92 Å². The number of ether oxygens (including phenoxy) is 1. The minimum Gasteiger partial charge on any atom is -0.482 e. The van der Waals surface area contributed by atoms with Gasteiger partial charge in [0.2, 0.25) is 0 Å². The van der Waals surface area contributed by atoms with Gasteiger partial charge in [0.05, 0.1) is 10.9 Å². The van der Waals surface area contributed by atoms with Crippen molar-refractivity contribution in [2.45, 2.75) is 39.7 Å². The van der Waals surface area contributed by atoms with Crippen molar-refractivity contribution in [3.8, 4) is 5.75 Å². The minimum absolute atomic E-state index is 0.234. The third kappa shape index (κ3) is 2.30. The molecular weight excluding hydrogens is 320 g/mol. The summed E-state index contributed by atoms with van der Waals surface area (Å²) in [5.41, 5.74) is 0.867. The summed E-state index contributed by atoms with van der Waals surface area (Å²) in [6, 6.07) is 2.86. The van der Waals surface area contributed by atoms with E-state index in [9.17, 15) is 9.59 Å². The average molecular weight is 338 g/mol. The molecule has 4 rings (SSSR count). The van der Waals surface area contributed by atoms with Crippen LogP contribution in [0.15, 0.2) is 36.6 Å². The van der Waals surface area contributed by atoms with Crippen LogP contribution in [-0.4, -0.2) is 5.60 Å². The standard InChI is InChI=1S/C20H18O5/c1-5-11-9-14(22)24-19-15(11)18-12(6-7-20(3,4)25-18)17-16(19)13(21)8-10(2)23-17/h6-9H,5H2,1-4H3. The Labute approximate surface area is 143 Å². The van der Waals surface area contributed by atoms with Gasteiger partial charge in [0.15, 0.2) is 16.6 Å². The molecule has 0 saturated carbocycles. The fraction of sp³-hybridized carbons (Fsp3) is 0.300. The highest BCUT2D eigenvalue weighted by Crippen LogP contribution is 2.43. The van der Waals surface area contributed by atoms with E-state index in [1.807, 2.05) is 32.9 Å². The zero-order valence-corrected chi connectivity index (χ0v) is 14.6. The summed E-state index contributed by atoms with van der Waals surface area (Å²) in [6.45, 7) is 7.55. The summed E-state index contributed by atoms with van der Waals surface area (Å²) in [5.74, 6) is 1.08. The first kappa shape index (κ1) is 15.7. The molecule has 0 bridgehead atoms. The van der Waals surface area contributed by atoms with Crippen LogP contribution in [0.3, 0.4) is 0 Å².